The topological polar surface area (TPSA) is 65.8 Å². The SMILES string of the molecule is COCCCCn1cc([C@@H](C)N(C(=O)[C@H]2CCCCO2)C2CC2)c2nccc(COC)c21. The summed E-state index contributed by atoms with van der Waals surface area (Å²) in [6.45, 7) is 5.02. The molecule has 1 aliphatic carbocycles. The summed E-state index contributed by atoms with van der Waals surface area (Å²) in [7, 11) is 3.46. The summed E-state index contributed by atoms with van der Waals surface area (Å²) in [4.78, 5) is 20.4. The minimum Gasteiger partial charge on any atom is -0.385 e. The molecule has 176 valence electrons. The number of aromatic nitrogens is 2. The van der Waals surface area contributed by atoms with Gasteiger partial charge in [0.15, 0.2) is 0 Å². The molecule has 4 rings (SSSR count). The summed E-state index contributed by atoms with van der Waals surface area (Å²) in [5, 5.41) is 0. The molecule has 0 bridgehead atoms. The Bertz CT molecular complexity index is 902. The average Bonchev–Trinajstić information content (AvgIpc) is 3.58. The molecule has 0 aromatic carbocycles. The first kappa shape index (κ1) is 23.2. The molecule has 3 heterocycles. The van der Waals surface area contributed by atoms with E-state index in [-0.39, 0.29) is 18.1 Å². The maximum Gasteiger partial charge on any atom is 0.252 e. The minimum absolute atomic E-state index is 0.0476. The molecule has 1 aliphatic heterocycles. The van der Waals surface area contributed by atoms with Gasteiger partial charge in [-0.2, -0.15) is 0 Å². The Morgan fingerprint density at radius 2 is 2.09 bits per heavy atom. The zero-order valence-corrected chi connectivity index (χ0v) is 19.7. The predicted molar refractivity (Wildman–Crippen MR) is 123 cm³/mol. The lowest BCUT2D eigenvalue weighted by Gasteiger charge is -2.33. The van der Waals surface area contributed by atoms with Crippen LogP contribution in [0.4, 0.5) is 0 Å². The average molecular weight is 444 g/mol. The number of hydrogen-bond acceptors (Lipinski definition) is 5. The summed E-state index contributed by atoms with van der Waals surface area (Å²) >= 11 is 0. The number of methoxy groups -OCH3 is 2. The van der Waals surface area contributed by atoms with Crippen LogP contribution >= 0.6 is 0 Å². The second-order valence-electron chi connectivity index (χ2n) is 9.09. The van der Waals surface area contributed by atoms with E-state index in [1.165, 1.54) is 0 Å². The van der Waals surface area contributed by atoms with Crippen molar-refractivity contribution in [2.45, 2.75) is 83.2 Å². The number of fused-ring (bicyclic) bond motifs is 1. The molecule has 2 aromatic rings. The van der Waals surface area contributed by atoms with E-state index in [1.807, 2.05) is 12.3 Å². The molecule has 32 heavy (non-hydrogen) atoms. The molecule has 2 aromatic heterocycles. The number of hydrogen-bond donors (Lipinski definition) is 0. The molecule has 7 nitrogen and oxygen atoms in total. The third-order valence-corrected chi connectivity index (χ3v) is 6.68. The molecule has 1 saturated heterocycles. The van der Waals surface area contributed by atoms with Crippen molar-refractivity contribution in [2.24, 2.45) is 0 Å². The third kappa shape index (κ3) is 5.00. The van der Waals surface area contributed by atoms with Crippen molar-refractivity contribution >= 4 is 16.9 Å². The fourth-order valence-corrected chi connectivity index (χ4v) is 4.89. The van der Waals surface area contributed by atoms with Crippen LogP contribution in [0.5, 0.6) is 0 Å². The first-order valence-electron chi connectivity index (χ1n) is 12.0. The van der Waals surface area contributed by atoms with Crippen LogP contribution in [0.1, 0.15) is 69.0 Å². The number of carbonyl (C=O) groups excluding carboxylic acids is 1. The molecule has 0 radical (unpaired) electrons. The first-order valence-corrected chi connectivity index (χ1v) is 12.0. The van der Waals surface area contributed by atoms with Crippen LogP contribution in [-0.2, 0) is 32.2 Å². The van der Waals surface area contributed by atoms with Crippen molar-refractivity contribution in [1.29, 1.82) is 0 Å². The highest BCUT2D eigenvalue weighted by molar-refractivity contribution is 5.86. The van der Waals surface area contributed by atoms with Gasteiger partial charge in [-0.1, -0.05) is 0 Å². The monoisotopic (exact) mass is 443 g/mol. The molecule has 0 spiro atoms. The summed E-state index contributed by atoms with van der Waals surface area (Å²) in [5.41, 5.74) is 4.33. The smallest absolute Gasteiger partial charge is 0.252 e. The van der Waals surface area contributed by atoms with E-state index < -0.39 is 0 Å². The van der Waals surface area contributed by atoms with Gasteiger partial charge in [-0.15, -0.1) is 0 Å². The van der Waals surface area contributed by atoms with Gasteiger partial charge >= 0.3 is 0 Å². The Kier molecular flexibility index (Phi) is 7.81. The van der Waals surface area contributed by atoms with Crippen molar-refractivity contribution in [3.8, 4) is 0 Å². The van der Waals surface area contributed by atoms with Crippen LogP contribution in [0.25, 0.3) is 11.0 Å². The standard InChI is InChI=1S/C25H37N3O4/c1-18(28(20-9-10-20)25(29)22-8-4-6-15-32-22)21-16-27(13-5-7-14-30-2)24-19(17-31-3)11-12-26-23(21)24/h11-12,16,18,20,22H,4-10,13-15,17H2,1-3H3/t18-,22-/m1/s1. The Morgan fingerprint density at radius 3 is 2.78 bits per heavy atom. The van der Waals surface area contributed by atoms with E-state index in [9.17, 15) is 4.79 Å². The lowest BCUT2D eigenvalue weighted by molar-refractivity contribution is -0.149. The summed E-state index contributed by atoms with van der Waals surface area (Å²) in [5.74, 6) is 0.147. The Labute approximate surface area is 191 Å². The van der Waals surface area contributed by atoms with Crippen LogP contribution in [0.15, 0.2) is 18.5 Å². The molecule has 2 fully saturated rings. The second-order valence-corrected chi connectivity index (χ2v) is 9.09. The maximum absolute atomic E-state index is 13.5. The zero-order chi connectivity index (χ0) is 22.5. The largest absolute Gasteiger partial charge is 0.385 e. The number of nitrogens with zero attached hydrogens (tertiary/aromatic N) is 3. The number of pyridine rings is 1. The Morgan fingerprint density at radius 1 is 1.25 bits per heavy atom. The number of aryl methyl sites for hydroxylation is 1. The van der Waals surface area contributed by atoms with Crippen molar-refractivity contribution < 1.29 is 19.0 Å². The fourth-order valence-electron chi connectivity index (χ4n) is 4.89. The highest BCUT2D eigenvalue weighted by Crippen LogP contribution is 2.39. The van der Waals surface area contributed by atoms with Gasteiger partial charge in [0.1, 0.15) is 6.10 Å². The molecule has 2 atom stereocenters. The van der Waals surface area contributed by atoms with Gasteiger partial charge in [0, 0.05) is 63.5 Å². The van der Waals surface area contributed by atoms with Crippen molar-refractivity contribution in [2.75, 3.05) is 27.4 Å². The van der Waals surface area contributed by atoms with Gasteiger partial charge in [-0.25, -0.2) is 0 Å². The van der Waals surface area contributed by atoms with E-state index in [2.05, 4.69) is 22.6 Å². The highest BCUT2D eigenvalue weighted by atomic mass is 16.5. The molecule has 0 unspecified atom stereocenters. The molecule has 2 aliphatic rings. The van der Waals surface area contributed by atoms with Crippen LogP contribution in [-0.4, -0.2) is 59.9 Å². The van der Waals surface area contributed by atoms with E-state index >= 15 is 0 Å². The molecule has 1 amide bonds. The predicted octanol–water partition coefficient (Wildman–Crippen LogP) is 4.23. The van der Waals surface area contributed by atoms with E-state index in [4.69, 9.17) is 19.2 Å². The quantitative estimate of drug-likeness (QED) is 0.486. The van der Waals surface area contributed by atoms with Gasteiger partial charge in [0.25, 0.3) is 5.91 Å². The van der Waals surface area contributed by atoms with Crippen molar-refractivity contribution in [3.63, 3.8) is 0 Å². The Hall–Kier alpha value is -1.96. The molecule has 7 heteroatoms. The lowest BCUT2D eigenvalue weighted by atomic mass is 10.0. The van der Waals surface area contributed by atoms with Crippen molar-refractivity contribution in [1.82, 2.24) is 14.5 Å². The van der Waals surface area contributed by atoms with Gasteiger partial charge in [0.2, 0.25) is 0 Å². The summed E-state index contributed by atoms with van der Waals surface area (Å²) in [6, 6.07) is 2.30. The van der Waals surface area contributed by atoms with Gasteiger partial charge in [-0.3, -0.25) is 9.78 Å². The zero-order valence-electron chi connectivity index (χ0n) is 19.7. The van der Waals surface area contributed by atoms with E-state index in [1.54, 1.807) is 14.2 Å². The highest BCUT2D eigenvalue weighted by Gasteiger charge is 2.40. The number of ether oxygens (including phenoxy) is 3. The molecular formula is C25H37N3O4. The van der Waals surface area contributed by atoms with Gasteiger partial charge in [-0.05, 0) is 57.9 Å². The molecule has 0 N–H and O–H groups in total. The number of rotatable bonds is 11. The second kappa shape index (κ2) is 10.8. The first-order chi connectivity index (χ1) is 15.7. The lowest BCUT2D eigenvalue weighted by Crippen LogP contribution is -2.44. The van der Waals surface area contributed by atoms with Crippen LogP contribution in [0, 0.1) is 0 Å². The minimum atomic E-state index is -0.300. The van der Waals surface area contributed by atoms with Gasteiger partial charge in [0.05, 0.1) is 23.7 Å². The van der Waals surface area contributed by atoms with E-state index in [0.29, 0.717) is 19.3 Å². The van der Waals surface area contributed by atoms with Gasteiger partial charge < -0.3 is 23.7 Å². The summed E-state index contributed by atoms with van der Waals surface area (Å²) in [6.07, 6.45) is 10.9. The van der Waals surface area contributed by atoms with Crippen molar-refractivity contribution in [3.05, 3.63) is 29.6 Å². The van der Waals surface area contributed by atoms with E-state index in [0.717, 1.165) is 80.3 Å². The molecular weight excluding hydrogens is 406 g/mol. The van der Waals surface area contributed by atoms with Crippen LogP contribution in [0.2, 0.25) is 0 Å². The number of carbonyl (C=O) groups is 1. The third-order valence-electron chi connectivity index (χ3n) is 6.68. The summed E-state index contributed by atoms with van der Waals surface area (Å²) < 4.78 is 18.9. The molecule has 1 saturated carbocycles. The maximum atomic E-state index is 13.5. The van der Waals surface area contributed by atoms with Crippen LogP contribution in [0.3, 0.4) is 0 Å². The number of unbranched alkanes of at least 4 members (excludes halogenated alkanes) is 1. The normalized spacial score (nSPS) is 19.9. The number of amides is 1. The Balaban J connectivity index is 1.66. The fraction of sp³-hybridized carbons (Fsp3) is 0.680. The van der Waals surface area contributed by atoms with Crippen LogP contribution < -0.4 is 0 Å².